The Kier molecular flexibility index (Phi) is 5.39. The van der Waals surface area contributed by atoms with Crippen LogP contribution in [0.3, 0.4) is 0 Å². The van der Waals surface area contributed by atoms with Crippen molar-refractivity contribution in [2.45, 2.75) is 17.1 Å². The third kappa shape index (κ3) is 4.33. The van der Waals surface area contributed by atoms with Crippen LogP contribution >= 0.6 is 27.7 Å². The summed E-state index contributed by atoms with van der Waals surface area (Å²) in [6.45, 7) is 2.07. The normalized spacial score (nSPS) is 11.6. The summed E-state index contributed by atoms with van der Waals surface area (Å²) in [5, 5.41) is 2.41. The molecule has 0 aliphatic rings. The van der Waals surface area contributed by atoms with Crippen LogP contribution in [0.2, 0.25) is 0 Å². The van der Waals surface area contributed by atoms with Crippen molar-refractivity contribution in [1.29, 1.82) is 0 Å². The molecule has 0 fully saturated rings. The average molecular weight is 313 g/mol. The number of nitrogens with one attached hydrogen (secondary N) is 1. The quantitative estimate of drug-likeness (QED) is 0.509. The predicted octanol–water partition coefficient (Wildman–Crippen LogP) is 2.26. The largest absolute Gasteiger partial charge is 0.398 e. The summed E-state index contributed by atoms with van der Waals surface area (Å²) in [5.74, 6) is 2.28. The summed E-state index contributed by atoms with van der Waals surface area (Å²) >= 11 is 4.75. The minimum atomic E-state index is -0.230. The Morgan fingerprint density at radius 2 is 2.41 bits per heavy atom. The van der Waals surface area contributed by atoms with Crippen LogP contribution in [-0.4, -0.2) is 17.7 Å². The van der Waals surface area contributed by atoms with Gasteiger partial charge >= 0.3 is 0 Å². The zero-order chi connectivity index (χ0) is 12.8. The van der Waals surface area contributed by atoms with Crippen LogP contribution in [0, 0.1) is 12.3 Å². The van der Waals surface area contributed by atoms with Crippen molar-refractivity contribution in [3.63, 3.8) is 0 Å². The molecule has 1 aromatic carbocycles. The van der Waals surface area contributed by atoms with E-state index in [1.165, 1.54) is 11.8 Å². The van der Waals surface area contributed by atoms with Crippen molar-refractivity contribution in [3.8, 4) is 12.3 Å². The van der Waals surface area contributed by atoms with E-state index in [1.54, 1.807) is 0 Å². The Morgan fingerprint density at radius 3 is 3.00 bits per heavy atom. The monoisotopic (exact) mass is 312 g/mol. The van der Waals surface area contributed by atoms with Gasteiger partial charge in [-0.25, -0.2) is 0 Å². The van der Waals surface area contributed by atoms with Gasteiger partial charge in [-0.05, 0) is 25.1 Å². The molecule has 17 heavy (non-hydrogen) atoms. The molecule has 1 atom stereocenters. The molecule has 0 aliphatic carbocycles. The third-order valence-electron chi connectivity index (χ3n) is 2.01. The maximum atomic E-state index is 11.6. The fraction of sp³-hybridized carbons (Fsp3) is 0.250. The van der Waals surface area contributed by atoms with Crippen LogP contribution < -0.4 is 11.1 Å². The molecule has 1 unspecified atom stereocenters. The first-order valence-electron chi connectivity index (χ1n) is 4.97. The second-order valence-corrected chi connectivity index (χ2v) is 5.66. The lowest BCUT2D eigenvalue weighted by molar-refractivity contribution is -0.120. The lowest BCUT2D eigenvalue weighted by Gasteiger charge is -2.12. The zero-order valence-corrected chi connectivity index (χ0v) is 11.8. The number of carbonyl (C=O) groups is 1. The van der Waals surface area contributed by atoms with Gasteiger partial charge in [-0.3, -0.25) is 4.79 Å². The number of hydrogen-bond donors (Lipinski definition) is 2. The molecule has 0 radical (unpaired) electrons. The van der Waals surface area contributed by atoms with Gasteiger partial charge < -0.3 is 11.1 Å². The van der Waals surface area contributed by atoms with Gasteiger partial charge in [0.2, 0.25) is 5.91 Å². The van der Waals surface area contributed by atoms with E-state index in [9.17, 15) is 4.79 Å². The van der Waals surface area contributed by atoms with Gasteiger partial charge in [0.25, 0.3) is 0 Å². The topological polar surface area (TPSA) is 55.1 Å². The highest BCUT2D eigenvalue weighted by atomic mass is 79.9. The van der Waals surface area contributed by atoms with E-state index in [4.69, 9.17) is 12.2 Å². The van der Waals surface area contributed by atoms with Crippen molar-refractivity contribution >= 4 is 39.3 Å². The standard InChI is InChI=1S/C12H13BrN2OS/c1-3-6-15-12(16)8(2)17-11-5-4-9(13)7-10(11)14/h1,4-5,7-8H,6,14H2,2H3,(H,15,16). The Bertz CT molecular complexity index is 456. The highest BCUT2D eigenvalue weighted by Gasteiger charge is 2.14. The highest BCUT2D eigenvalue weighted by Crippen LogP contribution is 2.30. The van der Waals surface area contributed by atoms with Crippen molar-refractivity contribution in [3.05, 3.63) is 22.7 Å². The number of nitrogens with two attached hydrogens (primary N) is 1. The maximum Gasteiger partial charge on any atom is 0.233 e. The summed E-state index contributed by atoms with van der Waals surface area (Å²) in [4.78, 5) is 12.5. The number of nitrogen functional groups attached to an aromatic ring is 1. The second-order valence-electron chi connectivity index (χ2n) is 3.36. The Labute approximate surface area is 114 Å². The summed E-state index contributed by atoms with van der Waals surface area (Å²) in [6.07, 6.45) is 5.07. The predicted molar refractivity (Wildman–Crippen MR) is 75.7 cm³/mol. The summed E-state index contributed by atoms with van der Waals surface area (Å²) in [7, 11) is 0. The Balaban J connectivity index is 2.65. The van der Waals surface area contributed by atoms with Crippen LogP contribution in [-0.2, 0) is 4.79 Å². The van der Waals surface area contributed by atoms with Crippen molar-refractivity contribution < 1.29 is 4.79 Å². The highest BCUT2D eigenvalue weighted by molar-refractivity contribution is 9.10. The van der Waals surface area contributed by atoms with Crippen molar-refractivity contribution in [2.24, 2.45) is 0 Å². The second kappa shape index (κ2) is 6.58. The summed E-state index contributed by atoms with van der Waals surface area (Å²) < 4.78 is 0.920. The van der Waals surface area contributed by atoms with Crippen LogP contribution in [0.4, 0.5) is 5.69 Å². The molecule has 0 aromatic heterocycles. The minimum Gasteiger partial charge on any atom is -0.398 e. The average Bonchev–Trinajstić information content (AvgIpc) is 2.29. The van der Waals surface area contributed by atoms with Crippen molar-refractivity contribution in [2.75, 3.05) is 12.3 Å². The molecule has 1 amide bonds. The molecule has 3 nitrogen and oxygen atoms in total. The number of thioether (sulfide) groups is 1. The SMILES string of the molecule is C#CCNC(=O)C(C)Sc1ccc(Br)cc1N. The van der Waals surface area contributed by atoms with Gasteiger partial charge in [0, 0.05) is 15.1 Å². The summed E-state index contributed by atoms with van der Waals surface area (Å²) in [6, 6.07) is 5.59. The fourth-order valence-corrected chi connectivity index (χ4v) is 2.44. The van der Waals surface area contributed by atoms with Crippen LogP contribution in [0.15, 0.2) is 27.6 Å². The first-order valence-corrected chi connectivity index (χ1v) is 6.64. The Hall–Kier alpha value is -1.12. The number of carbonyl (C=O) groups excluding carboxylic acids is 1. The molecule has 0 aliphatic heterocycles. The number of anilines is 1. The minimum absolute atomic E-state index is 0.0877. The first kappa shape index (κ1) is 13.9. The molecule has 5 heteroatoms. The van der Waals surface area contributed by atoms with E-state index in [2.05, 4.69) is 27.2 Å². The molecular formula is C12H13BrN2OS. The van der Waals surface area contributed by atoms with Gasteiger partial charge in [-0.2, -0.15) is 0 Å². The molecule has 1 rings (SSSR count). The number of amides is 1. The van der Waals surface area contributed by atoms with Gasteiger partial charge in [0.15, 0.2) is 0 Å². The van der Waals surface area contributed by atoms with Gasteiger partial charge in [0.05, 0.1) is 11.8 Å². The van der Waals surface area contributed by atoms with Crippen molar-refractivity contribution in [1.82, 2.24) is 5.32 Å². The number of benzene rings is 1. The maximum absolute atomic E-state index is 11.6. The molecule has 1 aromatic rings. The van der Waals surface area contributed by atoms with Crippen LogP contribution in [0.5, 0.6) is 0 Å². The summed E-state index contributed by atoms with van der Waals surface area (Å²) in [5.41, 5.74) is 6.51. The lowest BCUT2D eigenvalue weighted by atomic mass is 10.3. The smallest absolute Gasteiger partial charge is 0.233 e. The molecule has 3 N–H and O–H groups in total. The lowest BCUT2D eigenvalue weighted by Crippen LogP contribution is -2.31. The van der Waals surface area contributed by atoms with Crippen LogP contribution in [0.1, 0.15) is 6.92 Å². The van der Waals surface area contributed by atoms with E-state index >= 15 is 0 Å². The van der Waals surface area contributed by atoms with E-state index in [0.717, 1.165) is 9.37 Å². The molecule has 90 valence electrons. The molecule has 0 bridgehead atoms. The number of terminal acetylenes is 1. The molecule has 0 saturated heterocycles. The number of hydrogen-bond acceptors (Lipinski definition) is 3. The first-order chi connectivity index (χ1) is 8.04. The van der Waals surface area contributed by atoms with E-state index in [0.29, 0.717) is 5.69 Å². The molecule has 0 spiro atoms. The molecular weight excluding hydrogens is 300 g/mol. The third-order valence-corrected chi connectivity index (χ3v) is 3.70. The zero-order valence-electron chi connectivity index (χ0n) is 9.37. The van der Waals surface area contributed by atoms with Gasteiger partial charge in [-0.15, -0.1) is 18.2 Å². The molecule has 0 saturated carbocycles. The van der Waals surface area contributed by atoms with E-state index in [-0.39, 0.29) is 17.7 Å². The number of rotatable bonds is 4. The van der Waals surface area contributed by atoms with E-state index < -0.39 is 0 Å². The van der Waals surface area contributed by atoms with Crippen LogP contribution in [0.25, 0.3) is 0 Å². The fourth-order valence-electron chi connectivity index (χ4n) is 1.15. The number of halogens is 1. The Morgan fingerprint density at radius 1 is 1.71 bits per heavy atom. The van der Waals surface area contributed by atoms with E-state index in [1.807, 2.05) is 25.1 Å². The van der Waals surface area contributed by atoms with Gasteiger partial charge in [0.1, 0.15) is 0 Å². The molecule has 0 heterocycles. The van der Waals surface area contributed by atoms with Gasteiger partial charge in [-0.1, -0.05) is 21.9 Å².